The monoisotopic (exact) mass is 205 g/mol. The molecule has 1 heterocycles. The van der Waals surface area contributed by atoms with Crippen LogP contribution in [-0.2, 0) is 5.88 Å². The van der Waals surface area contributed by atoms with Crippen LogP contribution in [0.25, 0.3) is 0 Å². The third-order valence-electron chi connectivity index (χ3n) is 0.749. The van der Waals surface area contributed by atoms with E-state index in [0.29, 0.717) is 10.5 Å². The zero-order valence-corrected chi connectivity index (χ0v) is 6.78. The van der Waals surface area contributed by atoms with Gasteiger partial charge in [0, 0.05) is 0 Å². The minimum Gasteiger partial charge on any atom is -0.250 e. The third-order valence-corrected chi connectivity index (χ3v) is 1.38. The number of hydrogen-bond donors (Lipinski definition) is 0. The Balaban J connectivity index is 2.94. The van der Waals surface area contributed by atoms with Crippen LogP contribution >= 0.6 is 27.5 Å². The number of aromatic nitrogens is 2. The summed E-state index contributed by atoms with van der Waals surface area (Å²) in [7, 11) is 0. The van der Waals surface area contributed by atoms with Gasteiger partial charge in [-0.3, -0.25) is 0 Å². The predicted molar refractivity (Wildman–Crippen MR) is 38.1 cm³/mol. The summed E-state index contributed by atoms with van der Waals surface area (Å²) in [5, 5.41) is 0. The van der Waals surface area contributed by atoms with Gasteiger partial charge in [0.25, 0.3) is 0 Å². The van der Waals surface area contributed by atoms with Crippen molar-refractivity contribution < 1.29 is 0 Å². The topological polar surface area (TPSA) is 25.8 Å². The summed E-state index contributed by atoms with van der Waals surface area (Å²) in [5.74, 6) is 0.389. The van der Waals surface area contributed by atoms with Gasteiger partial charge in [-0.25, -0.2) is 9.97 Å². The Hall–Kier alpha value is -0.150. The van der Waals surface area contributed by atoms with Gasteiger partial charge >= 0.3 is 0 Å². The summed E-state index contributed by atoms with van der Waals surface area (Å²) >= 11 is 8.58. The summed E-state index contributed by atoms with van der Waals surface area (Å²) in [6.07, 6.45) is 4.18. The van der Waals surface area contributed by atoms with Crippen molar-refractivity contribution in [1.82, 2.24) is 9.97 Å². The molecule has 0 amide bonds. The van der Waals surface area contributed by atoms with E-state index < -0.39 is 0 Å². The molecule has 0 atom stereocenters. The van der Waals surface area contributed by atoms with Crippen LogP contribution in [0.4, 0.5) is 0 Å². The summed E-state index contributed by atoms with van der Waals surface area (Å²) in [6, 6.07) is 0. The standard InChI is InChI=1S/C5H3BrClN2/c6-5-3-8-2-4(1-7)9-5/h2H,1H2. The van der Waals surface area contributed by atoms with Gasteiger partial charge in [-0.2, -0.15) is 0 Å². The van der Waals surface area contributed by atoms with E-state index in [4.69, 9.17) is 11.6 Å². The van der Waals surface area contributed by atoms with Crippen LogP contribution in [0.1, 0.15) is 5.69 Å². The molecule has 2 nitrogen and oxygen atoms in total. The normalized spacial score (nSPS) is 9.56. The Morgan fingerprint density at radius 2 is 2.56 bits per heavy atom. The molecule has 9 heavy (non-hydrogen) atoms. The number of hydrogen-bond acceptors (Lipinski definition) is 2. The fraction of sp³-hybridized carbons (Fsp3) is 0.200. The molecule has 0 aromatic carbocycles. The average molecular weight is 206 g/mol. The van der Waals surface area contributed by atoms with Crippen molar-refractivity contribution in [1.29, 1.82) is 0 Å². The lowest BCUT2D eigenvalue weighted by Crippen LogP contribution is -1.86. The molecule has 47 valence electrons. The molecule has 1 aromatic heterocycles. The summed E-state index contributed by atoms with van der Waals surface area (Å²) in [6.45, 7) is 0. The number of nitrogens with zero attached hydrogens (tertiary/aromatic N) is 2. The van der Waals surface area contributed by atoms with E-state index in [-0.39, 0.29) is 0 Å². The molecule has 0 bridgehead atoms. The molecule has 1 rings (SSSR count). The largest absolute Gasteiger partial charge is 0.250 e. The maximum atomic E-state index is 5.46. The van der Waals surface area contributed by atoms with Gasteiger partial charge < -0.3 is 0 Å². The van der Waals surface area contributed by atoms with E-state index in [1.807, 2.05) is 0 Å². The van der Waals surface area contributed by atoms with Gasteiger partial charge in [-0.15, -0.1) is 11.6 Å². The smallest absolute Gasteiger partial charge is 0.134 e. The van der Waals surface area contributed by atoms with Crippen LogP contribution in [0, 0.1) is 6.20 Å². The van der Waals surface area contributed by atoms with Crippen molar-refractivity contribution in [3.8, 4) is 0 Å². The van der Waals surface area contributed by atoms with E-state index in [2.05, 4.69) is 32.1 Å². The lowest BCUT2D eigenvalue weighted by atomic mass is 10.5. The van der Waals surface area contributed by atoms with Gasteiger partial charge in [0.15, 0.2) is 0 Å². The molecule has 0 saturated heterocycles. The van der Waals surface area contributed by atoms with Crippen molar-refractivity contribution in [3.05, 3.63) is 22.7 Å². The first kappa shape index (κ1) is 6.96. The lowest BCUT2D eigenvalue weighted by molar-refractivity contribution is 1.06. The van der Waals surface area contributed by atoms with Crippen LogP contribution in [0.2, 0.25) is 0 Å². The Morgan fingerprint density at radius 3 is 3.00 bits per heavy atom. The van der Waals surface area contributed by atoms with Crippen LogP contribution in [-0.4, -0.2) is 9.97 Å². The molecule has 0 N–H and O–H groups in total. The molecule has 1 radical (unpaired) electrons. The molecular formula is C5H3BrClN2. The SMILES string of the molecule is ClCc1cn[c]c(Br)n1. The predicted octanol–water partition coefficient (Wildman–Crippen LogP) is 1.78. The van der Waals surface area contributed by atoms with Crippen molar-refractivity contribution in [2.75, 3.05) is 0 Å². The molecular weight excluding hydrogens is 203 g/mol. The highest BCUT2D eigenvalue weighted by Crippen LogP contribution is 2.04. The molecule has 0 aliphatic rings. The van der Waals surface area contributed by atoms with Crippen LogP contribution in [0.3, 0.4) is 0 Å². The van der Waals surface area contributed by atoms with Crippen molar-refractivity contribution in [2.45, 2.75) is 5.88 Å². The Labute approximate surface area is 66.4 Å². The minimum atomic E-state index is 0.389. The number of alkyl halides is 1. The molecule has 0 fully saturated rings. The average Bonchev–Trinajstić information content (AvgIpc) is 1.88. The fourth-order valence-corrected chi connectivity index (χ4v) is 0.863. The third kappa shape index (κ3) is 1.91. The fourth-order valence-electron chi connectivity index (χ4n) is 0.404. The number of halogens is 2. The quantitative estimate of drug-likeness (QED) is 0.655. The number of rotatable bonds is 1. The van der Waals surface area contributed by atoms with Gasteiger partial charge in [0.1, 0.15) is 10.8 Å². The maximum absolute atomic E-state index is 5.46. The zero-order chi connectivity index (χ0) is 6.69. The van der Waals surface area contributed by atoms with Gasteiger partial charge in [-0.1, -0.05) is 0 Å². The van der Waals surface area contributed by atoms with Crippen molar-refractivity contribution in [2.24, 2.45) is 0 Å². The highest BCUT2D eigenvalue weighted by Gasteiger charge is 1.92. The van der Waals surface area contributed by atoms with E-state index in [1.54, 1.807) is 6.20 Å². The molecule has 4 heteroatoms. The molecule has 0 aliphatic heterocycles. The van der Waals surface area contributed by atoms with Crippen LogP contribution < -0.4 is 0 Å². The molecule has 1 aromatic rings. The summed E-state index contributed by atoms with van der Waals surface area (Å²) < 4.78 is 0.598. The van der Waals surface area contributed by atoms with E-state index in [9.17, 15) is 0 Å². The van der Waals surface area contributed by atoms with E-state index in [1.165, 1.54) is 0 Å². The second-order valence-electron chi connectivity index (χ2n) is 1.40. The van der Waals surface area contributed by atoms with E-state index >= 15 is 0 Å². The molecule has 0 spiro atoms. The van der Waals surface area contributed by atoms with Crippen LogP contribution in [0.5, 0.6) is 0 Å². The first-order valence-electron chi connectivity index (χ1n) is 2.28. The van der Waals surface area contributed by atoms with E-state index in [0.717, 1.165) is 5.69 Å². The first-order chi connectivity index (χ1) is 4.33. The Morgan fingerprint density at radius 1 is 1.78 bits per heavy atom. The van der Waals surface area contributed by atoms with Crippen molar-refractivity contribution >= 4 is 27.5 Å². The lowest BCUT2D eigenvalue weighted by Gasteiger charge is -1.90. The van der Waals surface area contributed by atoms with Gasteiger partial charge in [0.05, 0.1) is 17.8 Å². The minimum absolute atomic E-state index is 0.389. The molecule has 0 aliphatic carbocycles. The maximum Gasteiger partial charge on any atom is 0.134 e. The zero-order valence-electron chi connectivity index (χ0n) is 4.43. The molecule has 0 unspecified atom stereocenters. The molecule has 0 saturated carbocycles. The van der Waals surface area contributed by atoms with Gasteiger partial charge in [-0.05, 0) is 15.9 Å². The van der Waals surface area contributed by atoms with Gasteiger partial charge in [0.2, 0.25) is 0 Å². The summed E-state index contributed by atoms with van der Waals surface area (Å²) in [4.78, 5) is 7.69. The van der Waals surface area contributed by atoms with Crippen molar-refractivity contribution in [3.63, 3.8) is 0 Å². The Kier molecular flexibility index (Phi) is 2.42. The highest BCUT2D eigenvalue weighted by molar-refractivity contribution is 9.10. The Bertz CT molecular complexity index is 204. The highest BCUT2D eigenvalue weighted by atomic mass is 79.9. The summed E-state index contributed by atoms with van der Waals surface area (Å²) in [5.41, 5.74) is 0.752. The van der Waals surface area contributed by atoms with Crippen LogP contribution in [0.15, 0.2) is 10.8 Å². The second-order valence-corrected chi connectivity index (χ2v) is 2.42. The second kappa shape index (κ2) is 3.13. The first-order valence-corrected chi connectivity index (χ1v) is 3.61.